The van der Waals surface area contributed by atoms with Gasteiger partial charge in [0.15, 0.2) is 0 Å². The molecular formula is C8H11NO2. The number of hydrogen-bond acceptors (Lipinski definition) is 2. The van der Waals surface area contributed by atoms with Crippen molar-refractivity contribution >= 4 is 5.91 Å². The van der Waals surface area contributed by atoms with Crippen molar-refractivity contribution < 1.29 is 9.90 Å². The normalized spacial score (nSPS) is 19.7. The highest BCUT2D eigenvalue weighted by Gasteiger charge is 2.38. The number of carbonyl (C=O) groups is 1. The molecule has 0 aliphatic carbocycles. The van der Waals surface area contributed by atoms with Gasteiger partial charge in [-0.25, -0.2) is 0 Å². The third-order valence-electron chi connectivity index (χ3n) is 1.58. The van der Waals surface area contributed by atoms with Crippen molar-refractivity contribution in [3.63, 3.8) is 0 Å². The first-order chi connectivity index (χ1) is 5.05. The van der Waals surface area contributed by atoms with E-state index < -0.39 is 5.60 Å². The molecule has 0 radical (unpaired) electrons. The third-order valence-corrected chi connectivity index (χ3v) is 1.58. The number of hydrogen-bond donors (Lipinski definition) is 1. The molecule has 0 saturated carbocycles. The molecule has 0 bridgehead atoms. The fourth-order valence-electron chi connectivity index (χ4n) is 1.11. The standard InChI is InChI=1S/C8H11NO2/c1-3-4-7(10)9-5-8(2,11)6-9/h11H,5-6H2,1-2H3. The van der Waals surface area contributed by atoms with Gasteiger partial charge < -0.3 is 10.0 Å². The van der Waals surface area contributed by atoms with Crippen LogP contribution in [0, 0.1) is 11.8 Å². The summed E-state index contributed by atoms with van der Waals surface area (Å²) in [6.45, 7) is 4.13. The molecule has 60 valence electrons. The predicted octanol–water partition coefficient (Wildman–Crippen LogP) is -0.397. The lowest BCUT2D eigenvalue weighted by Gasteiger charge is -2.42. The summed E-state index contributed by atoms with van der Waals surface area (Å²) in [5.74, 6) is 4.74. The largest absolute Gasteiger partial charge is 0.386 e. The fourth-order valence-corrected chi connectivity index (χ4v) is 1.11. The molecule has 0 atom stereocenters. The summed E-state index contributed by atoms with van der Waals surface area (Å²) < 4.78 is 0. The first-order valence-electron chi connectivity index (χ1n) is 3.49. The van der Waals surface area contributed by atoms with Crippen molar-refractivity contribution in [2.75, 3.05) is 13.1 Å². The summed E-state index contributed by atoms with van der Waals surface area (Å²) in [4.78, 5) is 12.5. The van der Waals surface area contributed by atoms with E-state index in [0.29, 0.717) is 13.1 Å². The summed E-state index contributed by atoms with van der Waals surface area (Å²) in [6.07, 6.45) is 0. The molecule has 1 N–H and O–H groups in total. The number of rotatable bonds is 0. The summed E-state index contributed by atoms with van der Waals surface area (Å²) in [5.41, 5.74) is -0.689. The Labute approximate surface area is 66.0 Å². The van der Waals surface area contributed by atoms with Gasteiger partial charge in [-0.2, -0.15) is 0 Å². The Morgan fingerprint density at radius 3 is 2.55 bits per heavy atom. The highest BCUT2D eigenvalue weighted by molar-refractivity contribution is 5.94. The number of β-amino-alcohol motifs (C(OH)–C–C–N with tert-alkyl or cyclic N) is 1. The summed E-state index contributed by atoms with van der Waals surface area (Å²) in [7, 11) is 0. The lowest BCUT2D eigenvalue weighted by Crippen LogP contribution is -2.61. The Bertz CT molecular complexity index is 226. The minimum atomic E-state index is -0.689. The maximum absolute atomic E-state index is 11.0. The first kappa shape index (κ1) is 8.09. The fraction of sp³-hybridized carbons (Fsp3) is 0.625. The van der Waals surface area contributed by atoms with Gasteiger partial charge in [-0.15, -0.1) is 0 Å². The third kappa shape index (κ3) is 1.72. The Balaban J connectivity index is 2.42. The summed E-state index contributed by atoms with van der Waals surface area (Å²) >= 11 is 0. The van der Waals surface area contributed by atoms with E-state index in [1.165, 1.54) is 4.90 Å². The molecule has 0 spiro atoms. The smallest absolute Gasteiger partial charge is 0.298 e. The lowest BCUT2D eigenvalue weighted by atomic mass is 9.97. The molecule has 0 aromatic carbocycles. The maximum atomic E-state index is 11.0. The highest BCUT2D eigenvalue weighted by atomic mass is 16.3. The van der Waals surface area contributed by atoms with E-state index in [2.05, 4.69) is 11.8 Å². The molecule has 3 nitrogen and oxygen atoms in total. The topological polar surface area (TPSA) is 40.5 Å². The van der Waals surface area contributed by atoms with Gasteiger partial charge in [-0.3, -0.25) is 4.79 Å². The van der Waals surface area contributed by atoms with E-state index in [-0.39, 0.29) is 5.91 Å². The average Bonchev–Trinajstić information content (AvgIpc) is 1.83. The summed E-state index contributed by atoms with van der Waals surface area (Å²) in [6, 6.07) is 0. The zero-order chi connectivity index (χ0) is 8.48. The number of carbonyl (C=O) groups excluding carboxylic acids is 1. The van der Waals surface area contributed by atoms with E-state index >= 15 is 0 Å². The van der Waals surface area contributed by atoms with Crippen molar-refractivity contribution in [2.45, 2.75) is 19.4 Å². The van der Waals surface area contributed by atoms with E-state index in [4.69, 9.17) is 0 Å². The van der Waals surface area contributed by atoms with Gasteiger partial charge >= 0.3 is 0 Å². The Morgan fingerprint density at radius 1 is 1.64 bits per heavy atom. The SMILES string of the molecule is CC#CC(=O)N1CC(C)(O)C1. The molecule has 1 fully saturated rings. The Kier molecular flexibility index (Phi) is 1.88. The number of amides is 1. The van der Waals surface area contributed by atoms with E-state index in [0.717, 1.165) is 0 Å². The van der Waals surface area contributed by atoms with Crippen LogP contribution in [0.1, 0.15) is 13.8 Å². The minimum Gasteiger partial charge on any atom is -0.386 e. The second-order valence-corrected chi connectivity index (χ2v) is 3.03. The van der Waals surface area contributed by atoms with E-state index in [1.807, 2.05) is 0 Å². The van der Waals surface area contributed by atoms with Crippen molar-refractivity contribution in [3.8, 4) is 11.8 Å². The van der Waals surface area contributed by atoms with Gasteiger partial charge in [-0.1, -0.05) is 5.92 Å². The van der Waals surface area contributed by atoms with Crippen LogP contribution in [0.3, 0.4) is 0 Å². The molecule has 0 unspecified atom stereocenters. The number of likely N-dealkylation sites (tertiary alicyclic amines) is 1. The Morgan fingerprint density at radius 2 is 2.18 bits per heavy atom. The van der Waals surface area contributed by atoms with E-state index in [1.54, 1.807) is 13.8 Å². The van der Waals surface area contributed by atoms with Crippen LogP contribution in [0.15, 0.2) is 0 Å². The zero-order valence-corrected chi connectivity index (χ0v) is 6.72. The van der Waals surface area contributed by atoms with Gasteiger partial charge in [-0.05, 0) is 19.8 Å². The lowest BCUT2D eigenvalue weighted by molar-refractivity contribution is -0.145. The van der Waals surface area contributed by atoms with E-state index in [9.17, 15) is 9.90 Å². The predicted molar refractivity (Wildman–Crippen MR) is 40.7 cm³/mol. The second kappa shape index (κ2) is 2.55. The molecule has 11 heavy (non-hydrogen) atoms. The summed E-state index contributed by atoms with van der Waals surface area (Å²) in [5, 5.41) is 9.26. The molecule has 1 aliphatic heterocycles. The molecule has 1 rings (SSSR count). The van der Waals surface area contributed by atoms with Crippen LogP contribution in [0.25, 0.3) is 0 Å². The quantitative estimate of drug-likeness (QED) is 0.481. The van der Waals surface area contributed by atoms with Crippen LogP contribution in [0.4, 0.5) is 0 Å². The van der Waals surface area contributed by atoms with Gasteiger partial charge in [0, 0.05) is 0 Å². The van der Waals surface area contributed by atoms with Crippen molar-refractivity contribution in [1.82, 2.24) is 4.90 Å². The monoisotopic (exact) mass is 153 g/mol. The van der Waals surface area contributed by atoms with Gasteiger partial charge in [0.1, 0.15) is 0 Å². The molecule has 0 aromatic rings. The molecule has 1 saturated heterocycles. The van der Waals surface area contributed by atoms with Crippen LogP contribution in [-0.2, 0) is 4.79 Å². The highest BCUT2D eigenvalue weighted by Crippen LogP contribution is 2.18. The van der Waals surface area contributed by atoms with Gasteiger partial charge in [0.05, 0.1) is 18.7 Å². The number of nitrogens with zero attached hydrogens (tertiary/aromatic N) is 1. The van der Waals surface area contributed by atoms with Crippen LogP contribution in [0.5, 0.6) is 0 Å². The van der Waals surface area contributed by atoms with Crippen LogP contribution in [0.2, 0.25) is 0 Å². The molecule has 0 aromatic heterocycles. The molecule has 1 aliphatic rings. The zero-order valence-electron chi connectivity index (χ0n) is 6.72. The number of aliphatic hydroxyl groups is 1. The van der Waals surface area contributed by atoms with Crippen LogP contribution in [-0.4, -0.2) is 34.6 Å². The molecule has 3 heteroatoms. The minimum absolute atomic E-state index is 0.195. The van der Waals surface area contributed by atoms with Crippen LogP contribution >= 0.6 is 0 Å². The van der Waals surface area contributed by atoms with Gasteiger partial charge in [0.25, 0.3) is 5.91 Å². The molecule has 1 heterocycles. The first-order valence-corrected chi connectivity index (χ1v) is 3.49. The second-order valence-electron chi connectivity index (χ2n) is 3.03. The van der Waals surface area contributed by atoms with Crippen molar-refractivity contribution in [2.24, 2.45) is 0 Å². The van der Waals surface area contributed by atoms with Crippen LogP contribution < -0.4 is 0 Å². The average molecular weight is 153 g/mol. The van der Waals surface area contributed by atoms with Gasteiger partial charge in [0.2, 0.25) is 0 Å². The maximum Gasteiger partial charge on any atom is 0.298 e. The Hall–Kier alpha value is -1.01. The van der Waals surface area contributed by atoms with Crippen molar-refractivity contribution in [3.05, 3.63) is 0 Å². The van der Waals surface area contributed by atoms with Crippen molar-refractivity contribution in [1.29, 1.82) is 0 Å². The molecular weight excluding hydrogens is 142 g/mol. The molecule has 1 amide bonds.